The van der Waals surface area contributed by atoms with Crippen LogP contribution in [0.1, 0.15) is 34.7 Å². The van der Waals surface area contributed by atoms with Crippen molar-refractivity contribution in [3.63, 3.8) is 0 Å². The molecular weight excluding hydrogens is 274 g/mol. The third-order valence-corrected chi connectivity index (χ3v) is 3.79. The third-order valence-electron chi connectivity index (χ3n) is 3.79. The van der Waals surface area contributed by atoms with Gasteiger partial charge in [-0.1, -0.05) is 0 Å². The first-order valence-corrected chi connectivity index (χ1v) is 7.03. The van der Waals surface area contributed by atoms with Gasteiger partial charge in [-0.3, -0.25) is 9.69 Å². The van der Waals surface area contributed by atoms with Crippen molar-refractivity contribution in [2.24, 2.45) is 5.92 Å². The minimum absolute atomic E-state index is 0.0834. The topological polar surface area (TPSA) is 69.0 Å². The van der Waals surface area contributed by atoms with E-state index in [9.17, 15) is 9.59 Å². The van der Waals surface area contributed by atoms with Gasteiger partial charge in [0.15, 0.2) is 0 Å². The number of esters is 2. The minimum atomic E-state index is -0.395. The Kier molecular flexibility index (Phi) is 5.01. The number of piperidine rings is 1. The molecule has 1 aliphatic rings. The van der Waals surface area contributed by atoms with E-state index >= 15 is 0 Å². The van der Waals surface area contributed by atoms with Crippen LogP contribution in [-0.4, -0.2) is 44.1 Å². The first-order valence-electron chi connectivity index (χ1n) is 7.03. The Hall–Kier alpha value is -1.82. The summed E-state index contributed by atoms with van der Waals surface area (Å²) in [6.07, 6.45) is 1.80. The fourth-order valence-electron chi connectivity index (χ4n) is 2.71. The molecule has 0 saturated carbocycles. The zero-order valence-corrected chi connectivity index (χ0v) is 12.7. The average Bonchev–Trinajstić information content (AvgIpc) is 2.86. The molecule has 6 heteroatoms. The number of carbonyl (C=O) groups excluding carboxylic acids is 2. The molecular formula is C15H21NO5. The van der Waals surface area contributed by atoms with E-state index in [2.05, 4.69) is 4.90 Å². The van der Waals surface area contributed by atoms with E-state index in [0.29, 0.717) is 30.2 Å². The van der Waals surface area contributed by atoms with Crippen molar-refractivity contribution in [2.45, 2.75) is 26.3 Å². The first kappa shape index (κ1) is 15.6. The molecule has 0 N–H and O–H groups in total. The summed E-state index contributed by atoms with van der Waals surface area (Å²) in [7, 11) is 2.76. The summed E-state index contributed by atoms with van der Waals surface area (Å²) in [5.74, 6) is 0.621. The maximum Gasteiger partial charge on any atom is 0.341 e. The SMILES string of the molecule is COC(=O)c1cc(CN2CCC[C@H](C(=O)OC)C2)oc1C. The van der Waals surface area contributed by atoms with Crippen molar-refractivity contribution >= 4 is 11.9 Å². The second-order valence-electron chi connectivity index (χ2n) is 5.27. The third kappa shape index (κ3) is 3.64. The highest BCUT2D eigenvalue weighted by molar-refractivity contribution is 5.90. The standard InChI is InChI=1S/C15H21NO5/c1-10-13(15(18)20-3)7-12(21-10)9-16-6-4-5-11(8-16)14(17)19-2/h7,11H,4-6,8-9H2,1-3H3/t11-/m0/s1. The van der Waals surface area contributed by atoms with Crippen molar-refractivity contribution in [2.75, 3.05) is 27.3 Å². The molecule has 1 atom stereocenters. The van der Waals surface area contributed by atoms with Crippen LogP contribution >= 0.6 is 0 Å². The number of rotatable bonds is 4. The van der Waals surface area contributed by atoms with E-state index in [0.717, 1.165) is 19.4 Å². The van der Waals surface area contributed by atoms with Gasteiger partial charge in [0.1, 0.15) is 17.1 Å². The predicted octanol–water partition coefficient (Wildman–Crippen LogP) is 1.76. The highest BCUT2D eigenvalue weighted by Gasteiger charge is 2.27. The normalized spacial score (nSPS) is 19.3. The summed E-state index contributed by atoms with van der Waals surface area (Å²) in [6, 6.07) is 1.71. The van der Waals surface area contributed by atoms with Gasteiger partial charge in [0.05, 0.1) is 26.7 Å². The average molecular weight is 295 g/mol. The number of methoxy groups -OCH3 is 2. The van der Waals surface area contributed by atoms with Gasteiger partial charge in [-0.2, -0.15) is 0 Å². The smallest absolute Gasteiger partial charge is 0.341 e. The van der Waals surface area contributed by atoms with Gasteiger partial charge < -0.3 is 13.9 Å². The maximum absolute atomic E-state index is 11.6. The number of hydrogen-bond donors (Lipinski definition) is 0. The molecule has 2 rings (SSSR count). The summed E-state index contributed by atoms with van der Waals surface area (Å²) < 4.78 is 15.1. The number of ether oxygens (including phenoxy) is 2. The lowest BCUT2D eigenvalue weighted by molar-refractivity contribution is -0.147. The van der Waals surface area contributed by atoms with Crippen LogP contribution in [0.15, 0.2) is 10.5 Å². The van der Waals surface area contributed by atoms with E-state index in [1.165, 1.54) is 14.2 Å². The molecule has 21 heavy (non-hydrogen) atoms. The molecule has 116 valence electrons. The second-order valence-corrected chi connectivity index (χ2v) is 5.27. The zero-order valence-electron chi connectivity index (χ0n) is 12.7. The number of carbonyl (C=O) groups is 2. The summed E-state index contributed by atoms with van der Waals surface area (Å²) in [5.41, 5.74) is 0.453. The Bertz CT molecular complexity index is 522. The number of likely N-dealkylation sites (tertiary alicyclic amines) is 1. The van der Waals surface area contributed by atoms with Crippen LogP contribution in [0.2, 0.25) is 0 Å². The fourth-order valence-corrected chi connectivity index (χ4v) is 2.71. The van der Waals surface area contributed by atoms with Crippen LogP contribution in [0.25, 0.3) is 0 Å². The molecule has 1 aromatic rings. The molecule has 0 amide bonds. The van der Waals surface area contributed by atoms with Gasteiger partial charge in [-0.15, -0.1) is 0 Å². The van der Waals surface area contributed by atoms with Gasteiger partial charge >= 0.3 is 11.9 Å². The van der Waals surface area contributed by atoms with Crippen LogP contribution in [-0.2, 0) is 20.8 Å². The molecule has 1 aliphatic heterocycles. The molecule has 1 fully saturated rings. The van der Waals surface area contributed by atoms with E-state index < -0.39 is 5.97 Å². The summed E-state index contributed by atoms with van der Waals surface area (Å²) >= 11 is 0. The number of nitrogens with zero attached hydrogens (tertiary/aromatic N) is 1. The maximum atomic E-state index is 11.6. The van der Waals surface area contributed by atoms with Crippen molar-refractivity contribution in [3.8, 4) is 0 Å². The Labute approximate surface area is 124 Å². The Morgan fingerprint density at radius 1 is 1.38 bits per heavy atom. The molecule has 1 saturated heterocycles. The molecule has 1 aromatic heterocycles. The Balaban J connectivity index is 2.01. The highest BCUT2D eigenvalue weighted by atomic mass is 16.5. The lowest BCUT2D eigenvalue weighted by Crippen LogP contribution is -2.38. The van der Waals surface area contributed by atoms with Gasteiger partial charge in [0.2, 0.25) is 0 Å². The summed E-state index contributed by atoms with van der Waals surface area (Å²) in [6.45, 7) is 3.87. The number of furan rings is 1. The van der Waals surface area contributed by atoms with E-state index in [1.807, 2.05) is 0 Å². The molecule has 0 unspecified atom stereocenters. The fraction of sp³-hybridized carbons (Fsp3) is 0.600. The molecule has 0 spiro atoms. The Morgan fingerprint density at radius 3 is 2.81 bits per heavy atom. The number of hydrogen-bond acceptors (Lipinski definition) is 6. The minimum Gasteiger partial charge on any atom is -0.469 e. The Morgan fingerprint density at radius 2 is 2.14 bits per heavy atom. The van der Waals surface area contributed by atoms with E-state index in [1.54, 1.807) is 13.0 Å². The second kappa shape index (κ2) is 6.76. The molecule has 2 heterocycles. The van der Waals surface area contributed by atoms with Crippen LogP contribution in [0.3, 0.4) is 0 Å². The van der Waals surface area contributed by atoms with Gasteiger partial charge in [-0.25, -0.2) is 4.79 Å². The number of aryl methyl sites for hydroxylation is 1. The molecule has 0 radical (unpaired) electrons. The summed E-state index contributed by atoms with van der Waals surface area (Å²) in [4.78, 5) is 25.3. The largest absolute Gasteiger partial charge is 0.469 e. The van der Waals surface area contributed by atoms with Gasteiger partial charge in [-0.05, 0) is 32.4 Å². The van der Waals surface area contributed by atoms with Crippen LogP contribution in [0, 0.1) is 12.8 Å². The van der Waals surface area contributed by atoms with Gasteiger partial charge in [0.25, 0.3) is 0 Å². The van der Waals surface area contributed by atoms with Crippen molar-refractivity contribution in [1.82, 2.24) is 4.90 Å². The molecule has 0 aromatic carbocycles. The lowest BCUT2D eigenvalue weighted by atomic mass is 9.98. The van der Waals surface area contributed by atoms with Crippen LogP contribution in [0.5, 0.6) is 0 Å². The molecule has 6 nitrogen and oxygen atoms in total. The summed E-state index contributed by atoms with van der Waals surface area (Å²) in [5, 5.41) is 0. The van der Waals surface area contributed by atoms with Crippen molar-refractivity contribution < 1.29 is 23.5 Å². The van der Waals surface area contributed by atoms with Crippen LogP contribution in [0.4, 0.5) is 0 Å². The van der Waals surface area contributed by atoms with Gasteiger partial charge in [0, 0.05) is 6.54 Å². The van der Waals surface area contributed by atoms with E-state index in [-0.39, 0.29) is 11.9 Å². The van der Waals surface area contributed by atoms with Crippen LogP contribution < -0.4 is 0 Å². The predicted molar refractivity (Wildman–Crippen MR) is 74.8 cm³/mol. The lowest BCUT2D eigenvalue weighted by Gasteiger charge is -2.30. The van der Waals surface area contributed by atoms with Crippen molar-refractivity contribution in [1.29, 1.82) is 0 Å². The zero-order chi connectivity index (χ0) is 15.4. The van der Waals surface area contributed by atoms with Crippen molar-refractivity contribution in [3.05, 3.63) is 23.2 Å². The molecule has 0 bridgehead atoms. The van der Waals surface area contributed by atoms with E-state index in [4.69, 9.17) is 13.9 Å². The highest BCUT2D eigenvalue weighted by Crippen LogP contribution is 2.22. The monoisotopic (exact) mass is 295 g/mol. The first-order chi connectivity index (χ1) is 10.0. The molecule has 0 aliphatic carbocycles. The quantitative estimate of drug-likeness (QED) is 0.788.